The Morgan fingerprint density at radius 1 is 1.08 bits per heavy atom. The zero-order valence-electron chi connectivity index (χ0n) is 23.0. The first-order valence-corrected chi connectivity index (χ1v) is 15.4. The Hall–Kier alpha value is -3.11. The molecule has 212 valence electrons. The summed E-state index contributed by atoms with van der Waals surface area (Å²) in [5.41, 5.74) is 1.57. The molecule has 10 heteroatoms. The molecule has 4 rings (SSSR count). The smallest absolute Gasteiger partial charge is 0.407 e. The summed E-state index contributed by atoms with van der Waals surface area (Å²) in [6.45, 7) is 5.74. The van der Waals surface area contributed by atoms with Crippen LogP contribution in [0.4, 0.5) is 4.79 Å². The molecule has 0 aliphatic carbocycles. The average molecular weight is 558 g/mol. The second-order valence-corrected chi connectivity index (χ2v) is 12.5. The summed E-state index contributed by atoms with van der Waals surface area (Å²) in [7, 11) is -1.62. The van der Waals surface area contributed by atoms with Gasteiger partial charge < -0.3 is 24.6 Å². The van der Waals surface area contributed by atoms with Crippen LogP contribution < -0.4 is 10.1 Å². The summed E-state index contributed by atoms with van der Waals surface area (Å²) >= 11 is 0. The van der Waals surface area contributed by atoms with E-state index in [1.54, 1.807) is 38.3 Å². The Bertz CT molecular complexity index is 1260. The zero-order chi connectivity index (χ0) is 28.0. The van der Waals surface area contributed by atoms with Crippen molar-refractivity contribution in [2.24, 2.45) is 5.41 Å². The van der Waals surface area contributed by atoms with E-state index in [1.165, 1.54) is 6.26 Å². The molecule has 1 spiro atoms. The number of amides is 2. The molecule has 9 nitrogen and oxygen atoms in total. The third-order valence-electron chi connectivity index (χ3n) is 7.94. The number of piperidine rings is 1. The number of sulfone groups is 1. The molecule has 0 aromatic heterocycles. The molecule has 39 heavy (non-hydrogen) atoms. The molecule has 0 saturated carbocycles. The van der Waals surface area contributed by atoms with Gasteiger partial charge in [0.05, 0.1) is 30.1 Å². The highest BCUT2D eigenvalue weighted by Crippen LogP contribution is 2.42. The Balaban J connectivity index is 1.32. The summed E-state index contributed by atoms with van der Waals surface area (Å²) in [5, 5.41) is 2.98. The number of alkyl carbamates (subject to hydrolysis) is 1. The van der Waals surface area contributed by atoms with Crippen LogP contribution in [0, 0.1) is 5.41 Å². The van der Waals surface area contributed by atoms with Crippen LogP contribution in [0.5, 0.6) is 5.75 Å². The van der Waals surface area contributed by atoms with Crippen molar-refractivity contribution in [2.75, 3.05) is 46.2 Å². The standard InChI is InChI=1S/C29H39N3O6S/c1-4-38-28(34)30-26(23-6-5-7-24(20-23)37-2)12-16-31-17-13-29(14-18-31)15-19-32(27(29)33)21-22-8-10-25(11-9-22)39(3,35)36/h5-11,20,26H,4,12-19,21H2,1-3H3,(H,30,34). The highest BCUT2D eigenvalue weighted by atomic mass is 32.2. The van der Waals surface area contributed by atoms with Crippen LogP contribution in [0.3, 0.4) is 0 Å². The van der Waals surface area contributed by atoms with Crippen molar-refractivity contribution in [3.8, 4) is 5.75 Å². The Kier molecular flexibility index (Phi) is 9.17. The minimum atomic E-state index is -3.24. The number of hydrogen-bond acceptors (Lipinski definition) is 7. The predicted octanol–water partition coefficient (Wildman–Crippen LogP) is 3.79. The summed E-state index contributed by atoms with van der Waals surface area (Å²) < 4.78 is 33.9. The fraction of sp³-hybridized carbons (Fsp3) is 0.517. The van der Waals surface area contributed by atoms with Crippen LogP contribution in [-0.2, 0) is 25.9 Å². The quantitative estimate of drug-likeness (QED) is 0.474. The number of nitrogens with zero attached hydrogens (tertiary/aromatic N) is 2. The van der Waals surface area contributed by atoms with Crippen molar-refractivity contribution in [1.82, 2.24) is 15.1 Å². The van der Waals surface area contributed by atoms with E-state index in [-0.39, 0.29) is 22.3 Å². The van der Waals surface area contributed by atoms with Crippen molar-refractivity contribution < 1.29 is 27.5 Å². The molecule has 2 heterocycles. The molecule has 0 bridgehead atoms. The first kappa shape index (κ1) is 28.9. The Morgan fingerprint density at radius 2 is 1.77 bits per heavy atom. The molecule has 1 unspecified atom stereocenters. The van der Waals surface area contributed by atoms with Gasteiger partial charge in [-0.3, -0.25) is 4.79 Å². The van der Waals surface area contributed by atoms with Gasteiger partial charge in [0.25, 0.3) is 0 Å². The minimum absolute atomic E-state index is 0.201. The van der Waals surface area contributed by atoms with Gasteiger partial charge in [-0.2, -0.15) is 0 Å². The van der Waals surface area contributed by atoms with Gasteiger partial charge in [-0.05, 0) is 81.1 Å². The highest BCUT2D eigenvalue weighted by Gasteiger charge is 2.47. The number of carbonyl (C=O) groups excluding carboxylic acids is 2. The highest BCUT2D eigenvalue weighted by molar-refractivity contribution is 7.90. The van der Waals surface area contributed by atoms with Crippen molar-refractivity contribution in [1.29, 1.82) is 0 Å². The molecular formula is C29H39N3O6S. The van der Waals surface area contributed by atoms with Gasteiger partial charge in [0.2, 0.25) is 5.91 Å². The maximum absolute atomic E-state index is 13.5. The predicted molar refractivity (Wildman–Crippen MR) is 148 cm³/mol. The zero-order valence-corrected chi connectivity index (χ0v) is 23.8. The van der Waals surface area contributed by atoms with Crippen LogP contribution in [0.2, 0.25) is 0 Å². The van der Waals surface area contributed by atoms with E-state index in [4.69, 9.17) is 9.47 Å². The van der Waals surface area contributed by atoms with Crippen molar-refractivity contribution in [2.45, 2.75) is 50.1 Å². The third kappa shape index (κ3) is 7.10. The summed E-state index contributed by atoms with van der Waals surface area (Å²) in [4.78, 5) is 30.2. The van der Waals surface area contributed by atoms with Crippen molar-refractivity contribution in [3.63, 3.8) is 0 Å². The maximum Gasteiger partial charge on any atom is 0.407 e. The number of likely N-dealkylation sites (tertiary alicyclic amines) is 2. The Morgan fingerprint density at radius 3 is 2.41 bits per heavy atom. The largest absolute Gasteiger partial charge is 0.497 e. The second-order valence-electron chi connectivity index (χ2n) is 10.5. The lowest BCUT2D eigenvalue weighted by Crippen LogP contribution is -2.45. The van der Waals surface area contributed by atoms with E-state index in [2.05, 4.69) is 10.2 Å². The lowest BCUT2D eigenvalue weighted by atomic mass is 9.77. The van der Waals surface area contributed by atoms with Crippen LogP contribution >= 0.6 is 0 Å². The van der Waals surface area contributed by atoms with Crippen LogP contribution in [0.15, 0.2) is 53.4 Å². The number of methoxy groups -OCH3 is 1. The molecule has 2 aliphatic heterocycles. The van der Waals surface area contributed by atoms with Gasteiger partial charge in [-0.25, -0.2) is 13.2 Å². The average Bonchev–Trinajstić information content (AvgIpc) is 3.21. The normalized spacial score (nSPS) is 18.2. The fourth-order valence-corrected chi connectivity index (χ4v) is 6.21. The summed E-state index contributed by atoms with van der Waals surface area (Å²) in [5.74, 6) is 0.936. The minimum Gasteiger partial charge on any atom is -0.497 e. The first-order chi connectivity index (χ1) is 18.6. The van der Waals surface area contributed by atoms with E-state index in [9.17, 15) is 18.0 Å². The fourth-order valence-electron chi connectivity index (χ4n) is 5.58. The molecule has 1 atom stereocenters. The topological polar surface area (TPSA) is 105 Å². The van der Waals surface area contributed by atoms with Gasteiger partial charge in [0, 0.05) is 25.9 Å². The molecule has 0 radical (unpaired) electrons. The molecule has 2 aliphatic rings. The van der Waals surface area contributed by atoms with Crippen molar-refractivity contribution in [3.05, 3.63) is 59.7 Å². The Labute approximate surface area is 231 Å². The van der Waals surface area contributed by atoms with E-state index < -0.39 is 15.9 Å². The number of rotatable bonds is 10. The number of hydrogen-bond donors (Lipinski definition) is 1. The molecule has 2 amide bonds. The van der Waals surface area contributed by atoms with Crippen LogP contribution in [-0.4, -0.2) is 76.4 Å². The van der Waals surface area contributed by atoms with E-state index in [1.807, 2.05) is 29.2 Å². The van der Waals surface area contributed by atoms with E-state index in [0.29, 0.717) is 26.1 Å². The third-order valence-corrected chi connectivity index (χ3v) is 9.07. The van der Waals surface area contributed by atoms with Crippen molar-refractivity contribution >= 4 is 21.8 Å². The summed E-state index contributed by atoms with van der Waals surface area (Å²) in [6.07, 6.45) is 3.93. The number of benzene rings is 2. The maximum atomic E-state index is 13.5. The van der Waals surface area contributed by atoms with Gasteiger partial charge in [-0.15, -0.1) is 0 Å². The molecule has 2 aromatic carbocycles. The first-order valence-electron chi connectivity index (χ1n) is 13.5. The van der Waals surface area contributed by atoms with Gasteiger partial charge >= 0.3 is 6.09 Å². The molecule has 2 fully saturated rings. The molecular weight excluding hydrogens is 518 g/mol. The SMILES string of the molecule is CCOC(=O)NC(CCN1CCC2(CC1)CCN(Cc1ccc(S(C)(=O)=O)cc1)C2=O)c1cccc(OC)c1. The van der Waals surface area contributed by atoms with Crippen LogP contribution in [0.1, 0.15) is 49.8 Å². The van der Waals surface area contributed by atoms with E-state index >= 15 is 0 Å². The number of ether oxygens (including phenoxy) is 2. The van der Waals surface area contributed by atoms with Gasteiger partial charge in [0.15, 0.2) is 9.84 Å². The van der Waals surface area contributed by atoms with Gasteiger partial charge in [0.1, 0.15) is 5.75 Å². The molecule has 2 aromatic rings. The summed E-state index contributed by atoms with van der Waals surface area (Å²) in [6, 6.07) is 14.3. The molecule has 1 N–H and O–H groups in total. The van der Waals surface area contributed by atoms with Crippen LogP contribution in [0.25, 0.3) is 0 Å². The molecule has 2 saturated heterocycles. The number of nitrogens with one attached hydrogen (secondary N) is 1. The second kappa shape index (κ2) is 12.4. The van der Waals surface area contributed by atoms with Gasteiger partial charge in [-0.1, -0.05) is 24.3 Å². The monoisotopic (exact) mass is 557 g/mol. The lowest BCUT2D eigenvalue weighted by molar-refractivity contribution is -0.138. The van der Waals surface area contributed by atoms with E-state index in [0.717, 1.165) is 55.8 Å². The lowest BCUT2D eigenvalue weighted by Gasteiger charge is -2.38. The number of carbonyl (C=O) groups is 2.